The van der Waals surface area contributed by atoms with Crippen LogP contribution in [-0.2, 0) is 4.79 Å². The third-order valence-corrected chi connectivity index (χ3v) is 8.25. The van der Waals surface area contributed by atoms with Crippen molar-refractivity contribution >= 4 is 29.3 Å². The molecule has 2 unspecified atom stereocenters. The smallest absolute Gasteiger partial charge is 0.326 e. The fourth-order valence-corrected chi connectivity index (χ4v) is 6.06. The summed E-state index contributed by atoms with van der Waals surface area (Å²) in [6.45, 7) is 9.39. The SMILES string of the molecule is CC.CC.O=C(NC1CCC(c2cccc(F)c2F)CN(C2=CC=CCN=C2)C1=O)N1CCC(n2c(=O)[nH]c3ncccc32)CC1. The molecule has 0 saturated carbocycles. The highest BCUT2D eigenvalue weighted by Crippen LogP contribution is 2.32. The molecular formula is C34H43F2N7O3. The van der Waals surface area contributed by atoms with Crippen LogP contribution in [0, 0.1) is 11.6 Å². The third kappa shape index (κ3) is 7.43. The molecule has 10 nitrogen and oxygen atoms in total. The van der Waals surface area contributed by atoms with Crippen LogP contribution in [0.25, 0.3) is 11.2 Å². The molecule has 5 heterocycles. The summed E-state index contributed by atoms with van der Waals surface area (Å²) in [4.78, 5) is 54.3. The van der Waals surface area contributed by atoms with Gasteiger partial charge in [-0.25, -0.2) is 23.4 Å². The Morgan fingerprint density at radius 3 is 2.52 bits per heavy atom. The van der Waals surface area contributed by atoms with Crippen molar-refractivity contribution in [3.63, 3.8) is 0 Å². The molecule has 2 aromatic heterocycles. The summed E-state index contributed by atoms with van der Waals surface area (Å²) in [5.41, 5.74) is 1.75. The number of nitrogens with one attached hydrogen (secondary N) is 2. The van der Waals surface area contributed by atoms with Gasteiger partial charge in [0, 0.05) is 44.0 Å². The van der Waals surface area contributed by atoms with Crippen LogP contribution in [0.1, 0.15) is 70.9 Å². The molecule has 246 valence electrons. The van der Waals surface area contributed by atoms with Gasteiger partial charge in [0.1, 0.15) is 6.04 Å². The Balaban J connectivity index is 0.00000116. The number of fused-ring (bicyclic) bond motifs is 1. The number of nitrogens with zero attached hydrogens (tertiary/aromatic N) is 5. The zero-order chi connectivity index (χ0) is 33.2. The summed E-state index contributed by atoms with van der Waals surface area (Å²) in [6.07, 6.45) is 10.4. The first kappa shape index (κ1) is 34.3. The molecule has 46 heavy (non-hydrogen) atoms. The van der Waals surface area contributed by atoms with Crippen LogP contribution in [0.15, 0.2) is 70.2 Å². The first-order valence-corrected chi connectivity index (χ1v) is 16.1. The third-order valence-electron chi connectivity index (χ3n) is 8.25. The highest BCUT2D eigenvalue weighted by atomic mass is 19.2. The molecule has 0 radical (unpaired) electrons. The van der Waals surface area contributed by atoms with Gasteiger partial charge in [0.25, 0.3) is 0 Å². The molecule has 0 bridgehead atoms. The molecule has 2 fully saturated rings. The lowest BCUT2D eigenvalue weighted by Gasteiger charge is -2.34. The number of rotatable bonds is 4. The van der Waals surface area contributed by atoms with Gasteiger partial charge in [-0.2, -0.15) is 0 Å². The number of likely N-dealkylation sites (tertiary alicyclic amines) is 2. The van der Waals surface area contributed by atoms with Crippen LogP contribution in [0.4, 0.5) is 13.6 Å². The number of aromatic amines is 1. The van der Waals surface area contributed by atoms with E-state index in [1.54, 1.807) is 46.2 Å². The number of H-pyrrole nitrogens is 1. The molecule has 2 saturated heterocycles. The minimum Gasteiger partial charge on any atom is -0.326 e. The molecule has 3 aliphatic rings. The van der Waals surface area contributed by atoms with Crippen molar-refractivity contribution in [3.8, 4) is 0 Å². The second kappa shape index (κ2) is 16.1. The van der Waals surface area contributed by atoms with Crippen LogP contribution in [0.5, 0.6) is 0 Å². The highest BCUT2D eigenvalue weighted by Gasteiger charge is 2.36. The number of amides is 3. The molecule has 1 aromatic carbocycles. The van der Waals surface area contributed by atoms with Crippen molar-refractivity contribution in [1.29, 1.82) is 0 Å². The number of hydrogen-bond acceptors (Lipinski definition) is 5. The van der Waals surface area contributed by atoms with Crippen LogP contribution in [0.3, 0.4) is 0 Å². The van der Waals surface area contributed by atoms with Gasteiger partial charge >= 0.3 is 11.7 Å². The number of carbonyl (C=O) groups is 2. The Labute approximate surface area is 267 Å². The number of piperidine rings is 1. The van der Waals surface area contributed by atoms with E-state index in [1.165, 1.54) is 11.0 Å². The number of carbonyl (C=O) groups excluding carboxylic acids is 2. The van der Waals surface area contributed by atoms with Crippen LogP contribution in [-0.4, -0.2) is 74.7 Å². The number of benzene rings is 1. The maximum atomic E-state index is 14.8. The zero-order valence-corrected chi connectivity index (χ0v) is 26.9. The first-order chi connectivity index (χ1) is 22.4. The number of hydrogen-bond donors (Lipinski definition) is 2. The van der Waals surface area contributed by atoms with Crippen LogP contribution >= 0.6 is 0 Å². The van der Waals surface area contributed by atoms with E-state index in [2.05, 4.69) is 20.3 Å². The van der Waals surface area contributed by atoms with E-state index in [0.717, 1.165) is 11.6 Å². The Morgan fingerprint density at radius 2 is 1.76 bits per heavy atom. The monoisotopic (exact) mass is 635 g/mol. The summed E-state index contributed by atoms with van der Waals surface area (Å²) in [6, 6.07) is 6.37. The Hall–Kier alpha value is -4.61. The molecule has 12 heteroatoms. The lowest BCUT2D eigenvalue weighted by Crippen LogP contribution is -2.53. The maximum absolute atomic E-state index is 14.8. The Bertz CT molecular complexity index is 1650. The lowest BCUT2D eigenvalue weighted by molar-refractivity contribution is -0.130. The van der Waals surface area contributed by atoms with Crippen molar-refractivity contribution in [2.45, 2.75) is 71.4 Å². The normalized spacial score (nSPS) is 20.1. The average molecular weight is 636 g/mol. The van der Waals surface area contributed by atoms with Crippen LogP contribution < -0.4 is 11.0 Å². The summed E-state index contributed by atoms with van der Waals surface area (Å²) >= 11 is 0. The molecular weight excluding hydrogens is 592 g/mol. The molecule has 3 aromatic rings. The Kier molecular flexibility index (Phi) is 12.0. The number of halogens is 2. The maximum Gasteiger partial charge on any atom is 0.327 e. The van der Waals surface area contributed by atoms with Gasteiger partial charge < -0.3 is 15.1 Å². The number of urea groups is 1. The van der Waals surface area contributed by atoms with Crippen molar-refractivity contribution in [3.05, 3.63) is 88.1 Å². The van der Waals surface area contributed by atoms with Gasteiger partial charge in [-0.3, -0.25) is 19.3 Å². The van der Waals surface area contributed by atoms with Gasteiger partial charge in [0.05, 0.1) is 17.8 Å². The van der Waals surface area contributed by atoms with Crippen molar-refractivity contribution < 1.29 is 18.4 Å². The first-order valence-electron chi connectivity index (χ1n) is 16.1. The Morgan fingerprint density at radius 1 is 1.00 bits per heavy atom. The zero-order valence-electron chi connectivity index (χ0n) is 26.9. The van der Waals surface area contributed by atoms with Gasteiger partial charge in [0.2, 0.25) is 5.91 Å². The molecule has 3 aliphatic heterocycles. The van der Waals surface area contributed by atoms with E-state index < -0.39 is 23.6 Å². The van der Waals surface area contributed by atoms with Crippen molar-refractivity contribution in [1.82, 2.24) is 29.7 Å². The molecule has 2 N–H and O–H groups in total. The highest BCUT2D eigenvalue weighted by molar-refractivity contribution is 5.93. The lowest BCUT2D eigenvalue weighted by atomic mass is 9.93. The minimum atomic E-state index is -0.938. The molecule has 6 rings (SSSR count). The quantitative estimate of drug-likeness (QED) is 0.383. The second-order valence-electron chi connectivity index (χ2n) is 10.8. The van der Waals surface area contributed by atoms with E-state index in [0.29, 0.717) is 50.2 Å². The predicted molar refractivity (Wildman–Crippen MR) is 176 cm³/mol. The summed E-state index contributed by atoms with van der Waals surface area (Å²) in [7, 11) is 0. The number of aliphatic imine (C=N–C) groups is 1. The fraction of sp³-hybridized carbons (Fsp3) is 0.441. The predicted octanol–water partition coefficient (Wildman–Crippen LogP) is 5.70. The second-order valence-corrected chi connectivity index (χ2v) is 10.8. The van der Waals surface area contributed by atoms with Gasteiger partial charge in [-0.05, 0) is 55.5 Å². The number of allylic oxidation sites excluding steroid dienone is 3. The van der Waals surface area contributed by atoms with Gasteiger partial charge in [-0.1, -0.05) is 52.0 Å². The minimum absolute atomic E-state index is 0.0917. The standard InChI is InChI=1S/C30H31F2N7O3.2C2H6/c31-23-7-3-6-22(26(23)32)19-9-10-24(28(40)38(18-19)21-5-1-2-13-33-17-21)35-29(41)37-15-11-20(12-16-37)39-25-8-4-14-34-27(25)36-30(39)42;2*1-2/h1-8,14,17,19-20,24H,9-13,15-16,18H2,(H,35,41)(H,34,36,42);2*1-2H3. The van der Waals surface area contributed by atoms with Gasteiger partial charge in [0.15, 0.2) is 17.3 Å². The fourth-order valence-electron chi connectivity index (χ4n) is 6.06. The number of aromatic nitrogens is 3. The van der Waals surface area contributed by atoms with E-state index in [4.69, 9.17) is 0 Å². The summed E-state index contributed by atoms with van der Waals surface area (Å²) in [5.74, 6) is -2.67. The van der Waals surface area contributed by atoms with E-state index in [-0.39, 0.29) is 42.2 Å². The number of pyridine rings is 1. The molecule has 3 amide bonds. The summed E-state index contributed by atoms with van der Waals surface area (Å²) in [5, 5.41) is 2.91. The summed E-state index contributed by atoms with van der Waals surface area (Å²) < 4.78 is 30.6. The molecule has 0 spiro atoms. The molecule has 0 aliphatic carbocycles. The molecule has 2 atom stereocenters. The van der Waals surface area contributed by atoms with E-state index in [9.17, 15) is 23.2 Å². The number of imidazole rings is 1. The largest absolute Gasteiger partial charge is 0.327 e. The van der Waals surface area contributed by atoms with Gasteiger partial charge in [-0.15, -0.1) is 0 Å². The topological polar surface area (TPSA) is 116 Å². The van der Waals surface area contributed by atoms with E-state index in [1.807, 2.05) is 39.8 Å². The van der Waals surface area contributed by atoms with Crippen LogP contribution in [0.2, 0.25) is 0 Å². The van der Waals surface area contributed by atoms with Crippen molar-refractivity contribution in [2.75, 3.05) is 26.2 Å². The van der Waals surface area contributed by atoms with Crippen molar-refractivity contribution in [2.24, 2.45) is 4.99 Å². The average Bonchev–Trinajstić information content (AvgIpc) is 3.22. The van der Waals surface area contributed by atoms with E-state index >= 15 is 0 Å².